The van der Waals surface area contributed by atoms with Crippen molar-refractivity contribution in [3.05, 3.63) is 75.5 Å². The number of alkyl carbamates (subject to hydrolysis) is 1. The summed E-state index contributed by atoms with van der Waals surface area (Å²) in [6.45, 7) is 12.0. The topological polar surface area (TPSA) is 174 Å². The largest absolute Gasteiger partial charge is 0.490 e. The lowest BCUT2D eigenvalue weighted by atomic mass is 10.1. The van der Waals surface area contributed by atoms with Crippen molar-refractivity contribution in [2.75, 3.05) is 25.0 Å². The van der Waals surface area contributed by atoms with E-state index in [4.69, 9.17) is 41.9 Å². The van der Waals surface area contributed by atoms with E-state index in [1.165, 1.54) is 17.0 Å². The second kappa shape index (κ2) is 17.6. The highest BCUT2D eigenvalue weighted by Gasteiger charge is 2.26. The first kappa shape index (κ1) is 40.7. The molecule has 0 radical (unpaired) electrons. The molecule has 0 saturated heterocycles. The van der Waals surface area contributed by atoms with Gasteiger partial charge in [0.25, 0.3) is 5.91 Å². The van der Waals surface area contributed by atoms with Crippen molar-refractivity contribution in [1.29, 1.82) is 0 Å². The number of amides is 4. The predicted molar refractivity (Wildman–Crippen MR) is 201 cm³/mol. The number of aryl methyl sites for hydroxylation is 1. The molecular formula is C37H44Cl2N6O8. The summed E-state index contributed by atoms with van der Waals surface area (Å²) in [6, 6.07) is 10.0. The molecule has 0 atom stereocenters. The van der Waals surface area contributed by atoms with Crippen LogP contribution in [0.4, 0.5) is 15.3 Å². The number of halogens is 2. The van der Waals surface area contributed by atoms with Crippen LogP contribution in [0.25, 0.3) is 11.3 Å². The molecule has 0 unspecified atom stereocenters. The Balaban J connectivity index is 1.69. The van der Waals surface area contributed by atoms with Gasteiger partial charge in [-0.25, -0.2) is 14.6 Å². The molecule has 3 aromatic rings. The average Bonchev–Trinajstić information content (AvgIpc) is 3.43. The Kier molecular flexibility index (Phi) is 13.5. The number of nitrogens with zero attached hydrogens (tertiary/aromatic N) is 3. The van der Waals surface area contributed by atoms with Crippen LogP contribution in [0.15, 0.2) is 58.1 Å². The van der Waals surface area contributed by atoms with Crippen LogP contribution in [0, 0.1) is 6.92 Å². The van der Waals surface area contributed by atoms with E-state index in [1.807, 2.05) is 12.2 Å². The van der Waals surface area contributed by atoms with Gasteiger partial charge in [-0.2, -0.15) is 0 Å². The van der Waals surface area contributed by atoms with Gasteiger partial charge in [-0.3, -0.25) is 25.1 Å². The van der Waals surface area contributed by atoms with Gasteiger partial charge in [-0.05, 0) is 103 Å². The Labute approximate surface area is 318 Å². The van der Waals surface area contributed by atoms with Crippen molar-refractivity contribution in [2.45, 2.75) is 79.1 Å². The molecule has 0 spiro atoms. The minimum absolute atomic E-state index is 0.0927. The maximum atomic E-state index is 13.7. The number of ether oxygens (including phenoxy) is 3. The van der Waals surface area contributed by atoms with Crippen LogP contribution in [-0.2, 0) is 20.8 Å². The molecule has 2 aromatic carbocycles. The first-order valence-electron chi connectivity index (χ1n) is 16.8. The first-order valence-corrected chi connectivity index (χ1v) is 17.6. The Bertz CT molecular complexity index is 1850. The molecule has 284 valence electrons. The molecule has 16 heteroatoms. The molecule has 4 amide bonds. The quantitative estimate of drug-likeness (QED) is 0.194. The van der Waals surface area contributed by atoms with E-state index >= 15 is 0 Å². The van der Waals surface area contributed by atoms with Gasteiger partial charge in [0.15, 0.2) is 0 Å². The number of anilines is 1. The maximum Gasteiger partial charge on any atom is 0.414 e. The molecular weight excluding hydrogens is 727 g/mol. The van der Waals surface area contributed by atoms with Gasteiger partial charge in [0, 0.05) is 12.1 Å². The van der Waals surface area contributed by atoms with Gasteiger partial charge >= 0.3 is 12.2 Å². The Morgan fingerprint density at radius 2 is 1.60 bits per heavy atom. The Hall–Kier alpha value is -5.08. The van der Waals surface area contributed by atoms with Gasteiger partial charge in [0.1, 0.15) is 47.1 Å². The second-order valence-corrected chi connectivity index (χ2v) is 14.9. The van der Waals surface area contributed by atoms with E-state index in [0.717, 1.165) is 0 Å². The molecule has 4 aliphatic heterocycles. The van der Waals surface area contributed by atoms with Crippen molar-refractivity contribution < 1.29 is 37.9 Å². The van der Waals surface area contributed by atoms with E-state index in [-0.39, 0.29) is 65.0 Å². The molecule has 14 nitrogen and oxygen atoms in total. The van der Waals surface area contributed by atoms with Crippen molar-refractivity contribution in [3.8, 4) is 17.0 Å². The molecule has 5 heterocycles. The number of carbonyl (C=O) groups excluding carboxylic acids is 4. The number of nitrogens with one attached hydrogen (secondary N) is 3. The fraction of sp³-hybridized carbons (Fsp3) is 0.405. The van der Waals surface area contributed by atoms with E-state index < -0.39 is 35.2 Å². The maximum absolute atomic E-state index is 13.7. The van der Waals surface area contributed by atoms with Crippen LogP contribution in [0.1, 0.15) is 76.1 Å². The van der Waals surface area contributed by atoms with Gasteiger partial charge in [-0.15, -0.1) is 0 Å². The lowest BCUT2D eigenvalue weighted by Gasteiger charge is -2.27. The smallest absolute Gasteiger partial charge is 0.414 e. The predicted octanol–water partition coefficient (Wildman–Crippen LogP) is 7.67. The second-order valence-electron chi connectivity index (χ2n) is 14.0. The third-order valence-corrected chi connectivity index (χ3v) is 7.75. The summed E-state index contributed by atoms with van der Waals surface area (Å²) >= 11 is 13.1. The van der Waals surface area contributed by atoms with Crippen molar-refractivity contribution in [3.63, 3.8) is 0 Å². The fourth-order valence-electron chi connectivity index (χ4n) is 4.88. The van der Waals surface area contributed by atoms with Gasteiger partial charge in [0.2, 0.25) is 11.9 Å². The molecule has 0 aliphatic carbocycles. The highest BCUT2D eigenvalue weighted by Crippen LogP contribution is 2.32. The standard InChI is InChI=1S/C37H44Cl2N6O8/c1-22-29-30(44-53-22)24-12-14-25(15-13-24)50-17-11-9-8-10-16-45(35(49)52-37(5,6)7)21-28(46)41-31-26(38)18-23(19-27(31)39)20-40-33(42-32(29)47)43-34(48)51-36(2,3)4/h9,11-15,18-19H,8,10,16-17,20-21H2,1-7H3,(H,41,46)(H2,40,42,43,47,48)/b11-9+. The molecule has 4 bridgehead atoms. The van der Waals surface area contributed by atoms with Crippen LogP contribution < -0.4 is 20.7 Å². The number of hydrogen-bond donors (Lipinski definition) is 3. The summed E-state index contributed by atoms with van der Waals surface area (Å²) in [6.07, 6.45) is 3.42. The SMILES string of the molecule is Cc1onc2c1C(=O)NC(NC(=O)OC(C)(C)C)=NCc1cc(Cl)c(c(Cl)c1)NC(=O)CN(C(=O)OC(C)(C)C)CCC/C=C/COc1ccc-2cc1. The summed E-state index contributed by atoms with van der Waals surface area (Å²) in [7, 11) is 0. The summed E-state index contributed by atoms with van der Waals surface area (Å²) in [5, 5.41) is 12.1. The first-order chi connectivity index (χ1) is 24.9. The zero-order valence-electron chi connectivity index (χ0n) is 30.7. The van der Waals surface area contributed by atoms with E-state index in [1.54, 1.807) is 72.7 Å². The van der Waals surface area contributed by atoms with E-state index in [2.05, 4.69) is 26.1 Å². The van der Waals surface area contributed by atoms with E-state index in [9.17, 15) is 19.2 Å². The minimum atomic E-state index is -0.863. The van der Waals surface area contributed by atoms with Crippen LogP contribution in [-0.4, -0.2) is 70.9 Å². The van der Waals surface area contributed by atoms with Gasteiger partial charge in [0.05, 0.1) is 22.3 Å². The Morgan fingerprint density at radius 1 is 0.943 bits per heavy atom. The lowest BCUT2D eigenvalue weighted by molar-refractivity contribution is -0.117. The van der Waals surface area contributed by atoms with Gasteiger partial charge in [-0.1, -0.05) is 40.5 Å². The highest BCUT2D eigenvalue weighted by molar-refractivity contribution is 6.40. The van der Waals surface area contributed by atoms with Crippen molar-refractivity contribution in [1.82, 2.24) is 20.7 Å². The number of allylic oxidation sites excluding steroid dienone is 1. The van der Waals surface area contributed by atoms with Crippen molar-refractivity contribution >= 4 is 58.8 Å². The third-order valence-electron chi connectivity index (χ3n) is 7.15. The minimum Gasteiger partial charge on any atom is -0.490 e. The molecule has 53 heavy (non-hydrogen) atoms. The molecule has 3 N–H and O–H groups in total. The summed E-state index contributed by atoms with van der Waals surface area (Å²) in [5.41, 5.74) is -0.0361. The van der Waals surface area contributed by atoms with Crippen LogP contribution >= 0.6 is 23.2 Å². The number of aromatic nitrogens is 1. The average molecular weight is 772 g/mol. The zero-order chi connectivity index (χ0) is 38.9. The summed E-state index contributed by atoms with van der Waals surface area (Å²) in [5.74, 6) is -0.622. The number of guanidine groups is 1. The summed E-state index contributed by atoms with van der Waals surface area (Å²) < 4.78 is 22.2. The number of rotatable bonds is 0. The number of benzene rings is 2. The van der Waals surface area contributed by atoms with Gasteiger partial charge < -0.3 is 24.1 Å². The molecule has 0 fully saturated rings. The van der Waals surface area contributed by atoms with Crippen LogP contribution in [0.2, 0.25) is 10.0 Å². The lowest BCUT2D eigenvalue weighted by Crippen LogP contribution is -2.46. The van der Waals surface area contributed by atoms with E-state index in [0.29, 0.717) is 29.7 Å². The normalized spacial score (nSPS) is 15.7. The third kappa shape index (κ3) is 12.5. The Morgan fingerprint density at radius 3 is 2.25 bits per heavy atom. The molecule has 7 rings (SSSR count). The molecule has 4 aliphatic rings. The fourth-order valence-corrected chi connectivity index (χ4v) is 5.50. The van der Waals surface area contributed by atoms with Crippen molar-refractivity contribution in [2.24, 2.45) is 4.99 Å². The number of carbonyl (C=O) groups is 4. The van der Waals surface area contributed by atoms with Crippen LogP contribution in [0.5, 0.6) is 5.75 Å². The highest BCUT2D eigenvalue weighted by atomic mass is 35.5. The molecule has 1 aromatic heterocycles. The van der Waals surface area contributed by atoms with Crippen LogP contribution in [0.3, 0.4) is 0 Å². The monoisotopic (exact) mass is 770 g/mol. The summed E-state index contributed by atoms with van der Waals surface area (Å²) in [4.78, 5) is 58.4. The zero-order valence-corrected chi connectivity index (χ0v) is 32.2. The number of hydrogen-bond acceptors (Lipinski definition) is 10. The number of aliphatic imine (C=N–C) groups is 1. The molecule has 0 saturated carbocycles.